The molecule has 2 N–H and O–H groups in total. The van der Waals surface area contributed by atoms with Gasteiger partial charge in [0, 0.05) is 11.1 Å². The molecule has 90 valence electrons. The maximum Gasteiger partial charge on any atom is 0.195 e. The first-order valence-electron chi connectivity index (χ1n) is 5.57. The zero-order valence-corrected chi connectivity index (χ0v) is 9.33. The average Bonchev–Trinajstić information content (AvgIpc) is 2.41. The summed E-state index contributed by atoms with van der Waals surface area (Å²) in [5.74, 6) is -1.21. The normalized spacial score (nSPS) is 23.2. The van der Waals surface area contributed by atoms with Crippen molar-refractivity contribution in [1.82, 2.24) is 0 Å². The highest BCUT2D eigenvalue weighted by Gasteiger charge is 2.40. The Morgan fingerprint density at radius 3 is 2.28 bits per heavy atom. The van der Waals surface area contributed by atoms with Gasteiger partial charge in [-0.05, 0) is 16.8 Å². The Kier molecular flexibility index (Phi) is 2.29. The molecule has 4 nitrogen and oxygen atoms in total. The van der Waals surface area contributed by atoms with Crippen LogP contribution in [0.3, 0.4) is 0 Å². The lowest BCUT2D eigenvalue weighted by Crippen LogP contribution is -2.45. The Bertz CT molecular complexity index is 675. The van der Waals surface area contributed by atoms with E-state index in [1.54, 1.807) is 18.2 Å². The fourth-order valence-electron chi connectivity index (χ4n) is 2.34. The maximum atomic E-state index is 12.0. The van der Waals surface area contributed by atoms with Gasteiger partial charge in [0.1, 0.15) is 0 Å². The topological polar surface area (TPSA) is 74.6 Å². The first-order valence-corrected chi connectivity index (χ1v) is 5.57. The van der Waals surface area contributed by atoms with Crippen LogP contribution in [0.15, 0.2) is 36.4 Å². The van der Waals surface area contributed by atoms with E-state index in [-0.39, 0.29) is 11.1 Å². The van der Waals surface area contributed by atoms with Gasteiger partial charge < -0.3 is 10.2 Å². The molecule has 2 atom stereocenters. The van der Waals surface area contributed by atoms with Gasteiger partial charge in [0.05, 0.1) is 0 Å². The zero-order valence-electron chi connectivity index (χ0n) is 9.33. The number of hydrogen-bond acceptors (Lipinski definition) is 4. The molecule has 2 aromatic rings. The predicted octanol–water partition coefficient (Wildman–Crippen LogP) is 0.941. The van der Waals surface area contributed by atoms with Gasteiger partial charge in [-0.15, -0.1) is 0 Å². The number of Topliss-reactive ketones (excluding diaryl/α,β-unsaturated/α-hetero) is 2. The fraction of sp³-hybridized carbons (Fsp3) is 0.143. The molecule has 0 aromatic heterocycles. The Balaban J connectivity index is 2.40. The summed E-state index contributed by atoms with van der Waals surface area (Å²) in [5, 5.41) is 20.6. The van der Waals surface area contributed by atoms with Crippen molar-refractivity contribution >= 4 is 22.3 Å². The van der Waals surface area contributed by atoms with Crippen LogP contribution in [0.5, 0.6) is 0 Å². The number of aliphatic hydroxyl groups is 2. The van der Waals surface area contributed by atoms with E-state index in [9.17, 15) is 19.8 Å². The smallest absolute Gasteiger partial charge is 0.195 e. The Labute approximate surface area is 102 Å². The van der Waals surface area contributed by atoms with Crippen LogP contribution in [0, 0.1) is 0 Å². The Hall–Kier alpha value is -2.04. The molecule has 0 heterocycles. The van der Waals surface area contributed by atoms with Crippen LogP contribution >= 0.6 is 0 Å². The van der Waals surface area contributed by atoms with Crippen LogP contribution in [-0.2, 0) is 0 Å². The van der Waals surface area contributed by atoms with Crippen LogP contribution in [0.4, 0.5) is 0 Å². The Morgan fingerprint density at radius 2 is 1.50 bits per heavy atom. The quantitative estimate of drug-likeness (QED) is 0.721. The lowest BCUT2D eigenvalue weighted by atomic mass is 9.83. The third-order valence-electron chi connectivity index (χ3n) is 3.28. The minimum atomic E-state index is -1.67. The summed E-state index contributed by atoms with van der Waals surface area (Å²) in [5.41, 5.74) is 0.382. The number of carbonyl (C=O) groups excluding carboxylic acids is 2. The number of benzene rings is 2. The molecule has 3 rings (SSSR count). The SMILES string of the molecule is O=C1c2ccc3ccccc3c2C(=O)[C@H](O)[C@@H]1O. The minimum Gasteiger partial charge on any atom is -0.382 e. The van der Waals surface area contributed by atoms with Crippen molar-refractivity contribution in [2.24, 2.45) is 0 Å². The first-order chi connectivity index (χ1) is 8.61. The van der Waals surface area contributed by atoms with Gasteiger partial charge in [-0.25, -0.2) is 0 Å². The molecule has 18 heavy (non-hydrogen) atoms. The fourth-order valence-corrected chi connectivity index (χ4v) is 2.34. The third-order valence-corrected chi connectivity index (χ3v) is 3.28. The lowest BCUT2D eigenvalue weighted by Gasteiger charge is -2.24. The molecule has 0 unspecified atom stereocenters. The highest BCUT2D eigenvalue weighted by molar-refractivity contribution is 6.23. The number of fused-ring (bicyclic) bond motifs is 3. The van der Waals surface area contributed by atoms with E-state index in [4.69, 9.17) is 0 Å². The molecular weight excluding hydrogens is 232 g/mol. The summed E-state index contributed by atoms with van der Waals surface area (Å²) in [7, 11) is 0. The van der Waals surface area contributed by atoms with Crippen molar-refractivity contribution in [3.63, 3.8) is 0 Å². The Morgan fingerprint density at radius 1 is 0.833 bits per heavy atom. The van der Waals surface area contributed by atoms with Gasteiger partial charge in [0.2, 0.25) is 0 Å². The molecular formula is C14H10O4. The second-order valence-electron chi connectivity index (χ2n) is 4.33. The largest absolute Gasteiger partial charge is 0.382 e. The van der Waals surface area contributed by atoms with Gasteiger partial charge in [-0.3, -0.25) is 9.59 Å². The molecule has 1 aliphatic carbocycles. The number of aliphatic hydroxyl groups excluding tert-OH is 2. The molecule has 0 radical (unpaired) electrons. The van der Waals surface area contributed by atoms with Gasteiger partial charge in [-0.2, -0.15) is 0 Å². The molecule has 1 aliphatic rings. The summed E-state index contributed by atoms with van der Waals surface area (Å²) >= 11 is 0. The van der Waals surface area contributed by atoms with Crippen LogP contribution in [-0.4, -0.2) is 34.0 Å². The van der Waals surface area contributed by atoms with E-state index in [1.165, 1.54) is 6.07 Å². The number of hydrogen-bond donors (Lipinski definition) is 2. The molecule has 0 aliphatic heterocycles. The summed E-state index contributed by atoms with van der Waals surface area (Å²) in [6, 6.07) is 10.4. The summed E-state index contributed by atoms with van der Waals surface area (Å²) < 4.78 is 0. The van der Waals surface area contributed by atoms with Crippen LogP contribution < -0.4 is 0 Å². The zero-order chi connectivity index (χ0) is 12.9. The summed E-state index contributed by atoms with van der Waals surface area (Å²) in [6.45, 7) is 0. The van der Waals surface area contributed by atoms with E-state index >= 15 is 0 Å². The van der Waals surface area contributed by atoms with Crippen LogP contribution in [0.2, 0.25) is 0 Å². The average molecular weight is 242 g/mol. The first kappa shape index (κ1) is 11.1. The number of ketones is 2. The highest BCUT2D eigenvalue weighted by Crippen LogP contribution is 2.29. The van der Waals surface area contributed by atoms with Crippen molar-refractivity contribution in [3.8, 4) is 0 Å². The standard InChI is InChI=1S/C14H10O4/c15-11-9-6-5-7-3-1-2-4-8(7)10(9)12(16)14(18)13(11)17/h1-6,13-14,17-18H/t13-,14+/m1/s1. The van der Waals surface area contributed by atoms with Crippen molar-refractivity contribution < 1.29 is 19.8 Å². The van der Waals surface area contributed by atoms with E-state index < -0.39 is 23.8 Å². The number of rotatable bonds is 0. The second-order valence-corrected chi connectivity index (χ2v) is 4.33. The van der Waals surface area contributed by atoms with Crippen LogP contribution in [0.25, 0.3) is 10.8 Å². The van der Waals surface area contributed by atoms with E-state index in [1.807, 2.05) is 12.1 Å². The van der Waals surface area contributed by atoms with Crippen molar-refractivity contribution in [3.05, 3.63) is 47.5 Å². The molecule has 0 saturated carbocycles. The summed E-state index contributed by atoms with van der Waals surface area (Å²) in [6.07, 6.45) is -3.33. The van der Waals surface area contributed by atoms with Crippen molar-refractivity contribution in [2.75, 3.05) is 0 Å². The summed E-state index contributed by atoms with van der Waals surface area (Å²) in [4.78, 5) is 23.9. The van der Waals surface area contributed by atoms with E-state index in [2.05, 4.69) is 0 Å². The van der Waals surface area contributed by atoms with E-state index in [0.29, 0.717) is 5.39 Å². The molecule has 0 fully saturated rings. The van der Waals surface area contributed by atoms with Crippen molar-refractivity contribution in [2.45, 2.75) is 12.2 Å². The third kappa shape index (κ3) is 1.33. The molecule has 2 aromatic carbocycles. The molecule has 0 saturated heterocycles. The van der Waals surface area contributed by atoms with Gasteiger partial charge >= 0.3 is 0 Å². The molecule has 4 heteroatoms. The monoisotopic (exact) mass is 242 g/mol. The second kappa shape index (κ2) is 3.73. The molecule has 0 spiro atoms. The highest BCUT2D eigenvalue weighted by atomic mass is 16.3. The molecule has 0 bridgehead atoms. The predicted molar refractivity (Wildman–Crippen MR) is 64.6 cm³/mol. The molecule has 0 amide bonds. The lowest BCUT2D eigenvalue weighted by molar-refractivity contribution is 0.0185. The van der Waals surface area contributed by atoms with Crippen molar-refractivity contribution in [1.29, 1.82) is 0 Å². The minimum absolute atomic E-state index is 0.177. The van der Waals surface area contributed by atoms with Gasteiger partial charge in [0.25, 0.3) is 0 Å². The van der Waals surface area contributed by atoms with Gasteiger partial charge in [-0.1, -0.05) is 30.3 Å². The van der Waals surface area contributed by atoms with Crippen LogP contribution in [0.1, 0.15) is 20.7 Å². The van der Waals surface area contributed by atoms with E-state index in [0.717, 1.165) is 5.39 Å². The maximum absolute atomic E-state index is 12.0. The van der Waals surface area contributed by atoms with Gasteiger partial charge in [0.15, 0.2) is 23.8 Å². The number of carbonyl (C=O) groups is 2.